The SMILES string of the molecule is COc1ccc(OC)c(Cc2ccsc2)c1. The summed E-state index contributed by atoms with van der Waals surface area (Å²) in [7, 11) is 3.37. The standard InChI is InChI=1S/C13H14O2S/c1-14-12-3-4-13(15-2)11(8-12)7-10-5-6-16-9-10/h3-6,8-9H,7H2,1-2H3. The van der Waals surface area contributed by atoms with Crippen molar-refractivity contribution in [2.75, 3.05) is 14.2 Å². The first-order valence-corrected chi connectivity index (χ1v) is 5.99. The minimum Gasteiger partial charge on any atom is -0.497 e. The minimum absolute atomic E-state index is 0.867. The lowest BCUT2D eigenvalue weighted by Crippen LogP contribution is -1.94. The average Bonchev–Trinajstić information content (AvgIpc) is 2.82. The first-order valence-electron chi connectivity index (χ1n) is 5.05. The fourth-order valence-corrected chi connectivity index (χ4v) is 2.30. The summed E-state index contributed by atoms with van der Waals surface area (Å²) < 4.78 is 10.6. The van der Waals surface area contributed by atoms with Gasteiger partial charge >= 0.3 is 0 Å². The Hall–Kier alpha value is -1.48. The minimum atomic E-state index is 0.867. The Morgan fingerprint density at radius 3 is 2.62 bits per heavy atom. The molecule has 0 N–H and O–H groups in total. The van der Waals surface area contributed by atoms with Crippen molar-refractivity contribution in [3.8, 4) is 11.5 Å². The molecule has 0 radical (unpaired) electrons. The molecule has 0 saturated carbocycles. The molecule has 0 aliphatic rings. The maximum Gasteiger partial charge on any atom is 0.122 e. The molecule has 0 saturated heterocycles. The van der Waals surface area contributed by atoms with Crippen molar-refractivity contribution in [2.45, 2.75) is 6.42 Å². The zero-order valence-corrected chi connectivity index (χ0v) is 10.2. The molecule has 2 nitrogen and oxygen atoms in total. The topological polar surface area (TPSA) is 18.5 Å². The van der Waals surface area contributed by atoms with E-state index in [0.717, 1.165) is 23.5 Å². The first kappa shape index (κ1) is 11.0. The lowest BCUT2D eigenvalue weighted by Gasteiger charge is -2.09. The highest BCUT2D eigenvalue weighted by molar-refractivity contribution is 7.07. The van der Waals surface area contributed by atoms with Crippen molar-refractivity contribution in [3.05, 3.63) is 46.2 Å². The van der Waals surface area contributed by atoms with Gasteiger partial charge in [0.15, 0.2) is 0 Å². The third-order valence-electron chi connectivity index (χ3n) is 2.46. The Kier molecular flexibility index (Phi) is 3.47. The van der Waals surface area contributed by atoms with Crippen molar-refractivity contribution in [1.82, 2.24) is 0 Å². The summed E-state index contributed by atoms with van der Waals surface area (Å²) in [6.45, 7) is 0. The molecular weight excluding hydrogens is 220 g/mol. The van der Waals surface area contributed by atoms with E-state index in [4.69, 9.17) is 9.47 Å². The third kappa shape index (κ3) is 2.36. The molecule has 0 fully saturated rings. The van der Waals surface area contributed by atoms with Crippen LogP contribution in [0.5, 0.6) is 11.5 Å². The molecule has 84 valence electrons. The van der Waals surface area contributed by atoms with Gasteiger partial charge in [0.1, 0.15) is 11.5 Å². The van der Waals surface area contributed by atoms with Crippen LogP contribution in [0.2, 0.25) is 0 Å². The normalized spacial score (nSPS) is 10.1. The van der Waals surface area contributed by atoms with Crippen molar-refractivity contribution in [1.29, 1.82) is 0 Å². The molecule has 2 rings (SSSR count). The molecule has 0 bridgehead atoms. The molecule has 1 heterocycles. The van der Waals surface area contributed by atoms with Crippen molar-refractivity contribution >= 4 is 11.3 Å². The number of methoxy groups -OCH3 is 2. The summed E-state index contributed by atoms with van der Waals surface area (Å²) in [5.41, 5.74) is 2.46. The monoisotopic (exact) mass is 234 g/mol. The van der Waals surface area contributed by atoms with E-state index >= 15 is 0 Å². The van der Waals surface area contributed by atoms with Gasteiger partial charge in [0.2, 0.25) is 0 Å². The number of rotatable bonds is 4. The van der Waals surface area contributed by atoms with Gasteiger partial charge in [0.05, 0.1) is 14.2 Å². The van der Waals surface area contributed by atoms with E-state index in [1.54, 1.807) is 25.6 Å². The number of ether oxygens (including phenoxy) is 2. The van der Waals surface area contributed by atoms with Gasteiger partial charge in [-0.25, -0.2) is 0 Å². The van der Waals surface area contributed by atoms with Crippen LogP contribution >= 0.6 is 11.3 Å². The van der Waals surface area contributed by atoms with Gasteiger partial charge in [-0.05, 0) is 40.6 Å². The number of thiophene rings is 1. The highest BCUT2D eigenvalue weighted by Gasteiger charge is 2.06. The van der Waals surface area contributed by atoms with Gasteiger partial charge in [-0.2, -0.15) is 11.3 Å². The van der Waals surface area contributed by atoms with Crippen molar-refractivity contribution in [3.63, 3.8) is 0 Å². The largest absolute Gasteiger partial charge is 0.497 e. The van der Waals surface area contributed by atoms with Crippen LogP contribution in [-0.2, 0) is 6.42 Å². The lowest BCUT2D eigenvalue weighted by atomic mass is 10.1. The number of hydrogen-bond acceptors (Lipinski definition) is 3. The fraction of sp³-hybridized carbons (Fsp3) is 0.231. The van der Waals surface area contributed by atoms with Gasteiger partial charge in [-0.3, -0.25) is 0 Å². The highest BCUT2D eigenvalue weighted by Crippen LogP contribution is 2.26. The van der Waals surface area contributed by atoms with Crippen molar-refractivity contribution < 1.29 is 9.47 Å². The molecular formula is C13H14O2S. The molecule has 0 amide bonds. The van der Waals surface area contributed by atoms with Gasteiger partial charge in [-0.1, -0.05) is 0 Å². The second-order valence-corrected chi connectivity index (χ2v) is 4.27. The molecule has 3 heteroatoms. The van der Waals surface area contributed by atoms with E-state index in [1.807, 2.05) is 18.2 Å². The molecule has 0 atom stereocenters. The highest BCUT2D eigenvalue weighted by atomic mass is 32.1. The van der Waals surface area contributed by atoms with Crippen LogP contribution in [0.1, 0.15) is 11.1 Å². The van der Waals surface area contributed by atoms with Crippen LogP contribution in [0.15, 0.2) is 35.0 Å². The van der Waals surface area contributed by atoms with E-state index in [-0.39, 0.29) is 0 Å². The quantitative estimate of drug-likeness (QED) is 0.807. The zero-order chi connectivity index (χ0) is 11.4. The molecule has 0 spiro atoms. The summed E-state index contributed by atoms with van der Waals surface area (Å²) >= 11 is 1.71. The Morgan fingerprint density at radius 2 is 2.00 bits per heavy atom. The predicted octanol–water partition coefficient (Wildman–Crippen LogP) is 3.36. The molecule has 16 heavy (non-hydrogen) atoms. The molecule has 1 aromatic carbocycles. The maximum atomic E-state index is 5.34. The van der Waals surface area contributed by atoms with E-state index in [0.29, 0.717) is 0 Å². The summed E-state index contributed by atoms with van der Waals surface area (Å²) in [5.74, 6) is 1.78. The Morgan fingerprint density at radius 1 is 1.12 bits per heavy atom. The average molecular weight is 234 g/mol. The third-order valence-corrected chi connectivity index (χ3v) is 3.19. The Balaban J connectivity index is 2.30. The first-order chi connectivity index (χ1) is 7.83. The van der Waals surface area contributed by atoms with E-state index in [2.05, 4.69) is 16.8 Å². The van der Waals surface area contributed by atoms with Crippen LogP contribution in [-0.4, -0.2) is 14.2 Å². The second-order valence-electron chi connectivity index (χ2n) is 3.49. The zero-order valence-electron chi connectivity index (χ0n) is 9.40. The molecule has 2 aromatic rings. The Bertz CT molecular complexity index is 449. The van der Waals surface area contributed by atoms with E-state index < -0.39 is 0 Å². The van der Waals surface area contributed by atoms with Crippen LogP contribution in [0.4, 0.5) is 0 Å². The predicted molar refractivity (Wildman–Crippen MR) is 66.7 cm³/mol. The van der Waals surface area contributed by atoms with Gasteiger partial charge < -0.3 is 9.47 Å². The van der Waals surface area contributed by atoms with Gasteiger partial charge in [0.25, 0.3) is 0 Å². The fourth-order valence-electron chi connectivity index (χ4n) is 1.63. The van der Waals surface area contributed by atoms with Crippen molar-refractivity contribution in [2.24, 2.45) is 0 Å². The summed E-state index contributed by atoms with van der Waals surface area (Å²) in [6.07, 6.45) is 0.879. The van der Waals surface area contributed by atoms with E-state index in [1.165, 1.54) is 5.56 Å². The molecule has 1 aromatic heterocycles. The number of hydrogen-bond donors (Lipinski definition) is 0. The van der Waals surface area contributed by atoms with Crippen LogP contribution < -0.4 is 9.47 Å². The van der Waals surface area contributed by atoms with Gasteiger partial charge in [-0.15, -0.1) is 0 Å². The van der Waals surface area contributed by atoms with Gasteiger partial charge in [0, 0.05) is 12.0 Å². The Labute approximate surface area is 99.5 Å². The smallest absolute Gasteiger partial charge is 0.122 e. The summed E-state index contributed by atoms with van der Waals surface area (Å²) in [6, 6.07) is 8.01. The second kappa shape index (κ2) is 5.03. The molecule has 0 unspecified atom stereocenters. The summed E-state index contributed by atoms with van der Waals surface area (Å²) in [5, 5.41) is 4.24. The molecule has 0 aliphatic carbocycles. The maximum absolute atomic E-state index is 5.34. The lowest BCUT2D eigenvalue weighted by molar-refractivity contribution is 0.399. The summed E-state index contributed by atoms with van der Waals surface area (Å²) in [4.78, 5) is 0. The van der Waals surface area contributed by atoms with Crippen LogP contribution in [0.25, 0.3) is 0 Å². The van der Waals surface area contributed by atoms with Crippen LogP contribution in [0, 0.1) is 0 Å². The van der Waals surface area contributed by atoms with Crippen LogP contribution in [0.3, 0.4) is 0 Å². The number of benzene rings is 1. The van der Waals surface area contributed by atoms with E-state index in [9.17, 15) is 0 Å². The molecule has 0 aliphatic heterocycles.